The molecule has 98 valence electrons. The molecule has 3 nitrogen and oxygen atoms in total. The summed E-state index contributed by atoms with van der Waals surface area (Å²) in [5, 5.41) is 3.54. The fourth-order valence-corrected chi connectivity index (χ4v) is 3.21. The summed E-state index contributed by atoms with van der Waals surface area (Å²) >= 11 is 0. The summed E-state index contributed by atoms with van der Waals surface area (Å²) in [5.41, 5.74) is 3.03. The van der Waals surface area contributed by atoms with Crippen LogP contribution < -0.4 is 5.32 Å². The number of hydrogen-bond acceptors (Lipinski definition) is 3. The summed E-state index contributed by atoms with van der Waals surface area (Å²) in [5.74, 6) is 0. The number of nitrogens with one attached hydrogen (secondary N) is 1. The van der Waals surface area contributed by atoms with Crippen LogP contribution in [0.1, 0.15) is 24.5 Å². The molecule has 18 heavy (non-hydrogen) atoms. The molecular formula is C15H23N3. The quantitative estimate of drug-likeness (QED) is 0.873. The third-order valence-corrected chi connectivity index (χ3v) is 4.12. The molecule has 1 N–H and O–H groups in total. The van der Waals surface area contributed by atoms with Crippen molar-refractivity contribution in [1.29, 1.82) is 0 Å². The van der Waals surface area contributed by atoms with Gasteiger partial charge in [0.1, 0.15) is 0 Å². The van der Waals surface area contributed by atoms with E-state index in [1.54, 1.807) is 0 Å². The normalized spacial score (nSPS) is 25.3. The lowest BCUT2D eigenvalue weighted by Gasteiger charge is -2.41. The Morgan fingerprint density at radius 3 is 2.61 bits per heavy atom. The maximum absolute atomic E-state index is 3.54. The zero-order chi connectivity index (χ0) is 12.4. The summed E-state index contributed by atoms with van der Waals surface area (Å²) < 4.78 is 0. The van der Waals surface area contributed by atoms with E-state index in [1.165, 1.54) is 30.6 Å². The lowest BCUT2D eigenvalue weighted by atomic mass is 10.1. The Morgan fingerprint density at radius 2 is 1.94 bits per heavy atom. The minimum absolute atomic E-state index is 0.575. The second-order valence-electron chi connectivity index (χ2n) is 5.39. The molecule has 0 amide bonds. The summed E-state index contributed by atoms with van der Waals surface area (Å²) in [7, 11) is 0. The summed E-state index contributed by atoms with van der Waals surface area (Å²) in [6.45, 7) is 9.15. The van der Waals surface area contributed by atoms with Gasteiger partial charge in [0.25, 0.3) is 0 Å². The molecular weight excluding hydrogens is 222 g/mol. The van der Waals surface area contributed by atoms with Gasteiger partial charge < -0.3 is 5.32 Å². The molecule has 1 saturated heterocycles. The highest BCUT2D eigenvalue weighted by Gasteiger charge is 2.30. The van der Waals surface area contributed by atoms with Crippen molar-refractivity contribution in [2.75, 3.05) is 26.2 Å². The molecule has 1 aromatic rings. The van der Waals surface area contributed by atoms with Crippen LogP contribution in [-0.2, 0) is 13.1 Å². The Morgan fingerprint density at radius 1 is 1.22 bits per heavy atom. The number of nitrogens with zero attached hydrogens (tertiary/aromatic N) is 2. The van der Waals surface area contributed by atoms with Crippen LogP contribution >= 0.6 is 0 Å². The van der Waals surface area contributed by atoms with Crippen molar-refractivity contribution in [3.8, 4) is 0 Å². The van der Waals surface area contributed by atoms with E-state index in [4.69, 9.17) is 0 Å². The van der Waals surface area contributed by atoms with Crippen LogP contribution in [0.2, 0.25) is 0 Å². The number of piperazine rings is 1. The van der Waals surface area contributed by atoms with Crippen molar-refractivity contribution in [2.24, 2.45) is 0 Å². The first-order valence-corrected chi connectivity index (χ1v) is 7.14. The van der Waals surface area contributed by atoms with Gasteiger partial charge in [0.15, 0.2) is 0 Å². The molecule has 1 unspecified atom stereocenters. The number of benzene rings is 1. The zero-order valence-corrected chi connectivity index (χ0v) is 11.2. The highest BCUT2D eigenvalue weighted by molar-refractivity contribution is 5.30. The average Bonchev–Trinajstić information content (AvgIpc) is 2.83. The van der Waals surface area contributed by atoms with Crippen molar-refractivity contribution in [3.05, 3.63) is 35.4 Å². The van der Waals surface area contributed by atoms with Gasteiger partial charge in [-0.1, -0.05) is 31.2 Å². The fraction of sp³-hybridized carbons (Fsp3) is 0.600. The molecule has 0 saturated carbocycles. The van der Waals surface area contributed by atoms with E-state index in [9.17, 15) is 0 Å². The highest BCUT2D eigenvalue weighted by atomic mass is 15.4. The standard InChI is InChI=1S/C15H23N3/c1-2-8-17-9-7-16-10-15(17)18-11-13-5-3-4-6-14(13)12-18/h3-6,15-16H,2,7-12H2,1H3. The van der Waals surface area contributed by atoms with Gasteiger partial charge in [0, 0.05) is 32.7 Å². The molecule has 2 heterocycles. The van der Waals surface area contributed by atoms with Crippen molar-refractivity contribution in [1.82, 2.24) is 15.1 Å². The minimum Gasteiger partial charge on any atom is -0.313 e. The van der Waals surface area contributed by atoms with Crippen LogP contribution in [-0.4, -0.2) is 42.1 Å². The van der Waals surface area contributed by atoms with Gasteiger partial charge in [-0.15, -0.1) is 0 Å². The average molecular weight is 245 g/mol. The van der Waals surface area contributed by atoms with E-state index in [1.807, 2.05) is 0 Å². The van der Waals surface area contributed by atoms with Crippen LogP contribution in [0.3, 0.4) is 0 Å². The Bertz CT molecular complexity index is 377. The molecule has 0 spiro atoms. The molecule has 1 aromatic carbocycles. The third kappa shape index (κ3) is 2.30. The predicted molar refractivity (Wildman–Crippen MR) is 74.2 cm³/mol. The van der Waals surface area contributed by atoms with Gasteiger partial charge >= 0.3 is 0 Å². The number of hydrogen-bond donors (Lipinski definition) is 1. The SMILES string of the molecule is CCCN1CCNCC1N1Cc2ccccc2C1. The fourth-order valence-electron chi connectivity index (χ4n) is 3.21. The van der Waals surface area contributed by atoms with E-state index in [2.05, 4.69) is 46.3 Å². The van der Waals surface area contributed by atoms with Gasteiger partial charge in [-0.2, -0.15) is 0 Å². The molecule has 1 fully saturated rings. The molecule has 3 rings (SSSR count). The lowest BCUT2D eigenvalue weighted by molar-refractivity contribution is 0.0212. The van der Waals surface area contributed by atoms with Crippen LogP contribution in [0.15, 0.2) is 24.3 Å². The van der Waals surface area contributed by atoms with Crippen LogP contribution in [0.5, 0.6) is 0 Å². The molecule has 0 aliphatic carbocycles. The van der Waals surface area contributed by atoms with Gasteiger partial charge in [-0.25, -0.2) is 0 Å². The van der Waals surface area contributed by atoms with E-state index < -0.39 is 0 Å². The van der Waals surface area contributed by atoms with Gasteiger partial charge in [0.2, 0.25) is 0 Å². The monoisotopic (exact) mass is 245 g/mol. The van der Waals surface area contributed by atoms with E-state index in [0.29, 0.717) is 6.17 Å². The van der Waals surface area contributed by atoms with Crippen molar-refractivity contribution < 1.29 is 0 Å². The Labute approximate surface area is 110 Å². The van der Waals surface area contributed by atoms with E-state index in [0.717, 1.165) is 26.2 Å². The van der Waals surface area contributed by atoms with Crippen LogP contribution in [0.25, 0.3) is 0 Å². The first kappa shape index (κ1) is 12.2. The van der Waals surface area contributed by atoms with Gasteiger partial charge in [-0.05, 0) is 24.1 Å². The molecule has 2 aliphatic rings. The van der Waals surface area contributed by atoms with Crippen LogP contribution in [0, 0.1) is 0 Å². The Kier molecular flexibility index (Phi) is 3.64. The summed E-state index contributed by atoms with van der Waals surface area (Å²) in [4.78, 5) is 5.26. The van der Waals surface area contributed by atoms with Crippen molar-refractivity contribution in [2.45, 2.75) is 32.6 Å². The largest absolute Gasteiger partial charge is 0.313 e. The van der Waals surface area contributed by atoms with E-state index >= 15 is 0 Å². The second-order valence-corrected chi connectivity index (χ2v) is 5.39. The summed E-state index contributed by atoms with van der Waals surface area (Å²) in [6.07, 6.45) is 1.82. The molecule has 3 heteroatoms. The van der Waals surface area contributed by atoms with Crippen molar-refractivity contribution >= 4 is 0 Å². The molecule has 2 aliphatic heterocycles. The number of rotatable bonds is 3. The molecule has 0 aromatic heterocycles. The van der Waals surface area contributed by atoms with Crippen LogP contribution in [0.4, 0.5) is 0 Å². The maximum Gasteiger partial charge on any atom is 0.0757 e. The van der Waals surface area contributed by atoms with Crippen molar-refractivity contribution in [3.63, 3.8) is 0 Å². The lowest BCUT2D eigenvalue weighted by Crippen LogP contribution is -2.57. The minimum atomic E-state index is 0.575. The smallest absolute Gasteiger partial charge is 0.0757 e. The highest BCUT2D eigenvalue weighted by Crippen LogP contribution is 2.25. The predicted octanol–water partition coefficient (Wildman–Crippen LogP) is 1.64. The second kappa shape index (κ2) is 5.39. The Hall–Kier alpha value is -0.900. The number of fused-ring (bicyclic) bond motifs is 1. The first-order chi connectivity index (χ1) is 8.88. The topological polar surface area (TPSA) is 18.5 Å². The Balaban J connectivity index is 1.72. The van der Waals surface area contributed by atoms with E-state index in [-0.39, 0.29) is 0 Å². The summed E-state index contributed by atoms with van der Waals surface area (Å²) in [6, 6.07) is 8.86. The first-order valence-electron chi connectivity index (χ1n) is 7.14. The molecule has 0 radical (unpaired) electrons. The molecule has 1 atom stereocenters. The third-order valence-electron chi connectivity index (χ3n) is 4.12. The molecule has 0 bridgehead atoms. The van der Waals surface area contributed by atoms with Gasteiger partial charge in [-0.3, -0.25) is 9.80 Å². The van der Waals surface area contributed by atoms with Gasteiger partial charge in [0.05, 0.1) is 6.17 Å². The maximum atomic E-state index is 3.54. The zero-order valence-electron chi connectivity index (χ0n) is 11.2.